The second kappa shape index (κ2) is 6.93. The maximum absolute atomic E-state index is 12.4. The average Bonchev–Trinajstić information content (AvgIpc) is 2.95. The third kappa shape index (κ3) is 3.55. The highest BCUT2D eigenvalue weighted by molar-refractivity contribution is 6.00. The van der Waals surface area contributed by atoms with E-state index in [1.807, 2.05) is 24.3 Å². The minimum absolute atomic E-state index is 0.182. The number of carbonyl (C=O) groups excluding carboxylic acids is 3. The molecule has 118 valence electrons. The predicted octanol–water partition coefficient (Wildman–Crippen LogP) is 0.436. The second-order valence-corrected chi connectivity index (χ2v) is 4.99. The fourth-order valence-electron chi connectivity index (χ4n) is 2.33. The standard InChI is InChI=1S/C15H19N3O4/c1-10(17-15(21)16-9-13(19)22-2)14(20)18-8-7-11-5-3-4-6-12(11)18/h3-6,10H,7-9H2,1-2H3,(H2,16,17,21). The molecular weight excluding hydrogens is 286 g/mol. The van der Waals surface area contributed by atoms with E-state index in [0.717, 1.165) is 17.7 Å². The number of methoxy groups -OCH3 is 1. The first kappa shape index (κ1) is 15.8. The number of anilines is 1. The Balaban J connectivity index is 1.90. The van der Waals surface area contributed by atoms with Crippen LogP contribution in [0.3, 0.4) is 0 Å². The molecule has 0 saturated heterocycles. The lowest BCUT2D eigenvalue weighted by Crippen LogP contribution is -2.50. The lowest BCUT2D eigenvalue weighted by atomic mass is 10.2. The molecule has 1 aromatic carbocycles. The molecule has 0 spiro atoms. The number of carbonyl (C=O) groups is 3. The van der Waals surface area contributed by atoms with Crippen molar-refractivity contribution < 1.29 is 19.1 Å². The summed E-state index contributed by atoms with van der Waals surface area (Å²) in [5.74, 6) is -0.735. The number of para-hydroxylation sites is 1. The zero-order valence-electron chi connectivity index (χ0n) is 12.6. The van der Waals surface area contributed by atoms with E-state index in [2.05, 4.69) is 15.4 Å². The fraction of sp³-hybridized carbons (Fsp3) is 0.400. The highest BCUT2D eigenvalue weighted by Crippen LogP contribution is 2.27. The van der Waals surface area contributed by atoms with Crippen LogP contribution in [0.15, 0.2) is 24.3 Å². The van der Waals surface area contributed by atoms with Crippen LogP contribution in [0.25, 0.3) is 0 Å². The molecule has 0 fully saturated rings. The van der Waals surface area contributed by atoms with Gasteiger partial charge in [-0.2, -0.15) is 0 Å². The van der Waals surface area contributed by atoms with E-state index in [4.69, 9.17) is 0 Å². The van der Waals surface area contributed by atoms with Crippen molar-refractivity contribution in [1.29, 1.82) is 0 Å². The summed E-state index contributed by atoms with van der Waals surface area (Å²) >= 11 is 0. The number of nitrogens with zero attached hydrogens (tertiary/aromatic N) is 1. The van der Waals surface area contributed by atoms with Gasteiger partial charge in [0.25, 0.3) is 0 Å². The lowest BCUT2D eigenvalue weighted by Gasteiger charge is -2.22. The van der Waals surface area contributed by atoms with Gasteiger partial charge in [0.2, 0.25) is 5.91 Å². The van der Waals surface area contributed by atoms with E-state index in [1.54, 1.807) is 11.8 Å². The maximum atomic E-state index is 12.4. The van der Waals surface area contributed by atoms with Gasteiger partial charge in [-0.1, -0.05) is 18.2 Å². The Morgan fingerprint density at radius 1 is 1.32 bits per heavy atom. The number of fused-ring (bicyclic) bond motifs is 1. The van der Waals surface area contributed by atoms with Crippen LogP contribution in [0.5, 0.6) is 0 Å². The number of nitrogens with one attached hydrogen (secondary N) is 2. The van der Waals surface area contributed by atoms with E-state index in [0.29, 0.717) is 6.54 Å². The monoisotopic (exact) mass is 305 g/mol. The molecule has 0 saturated carbocycles. The molecule has 0 aliphatic carbocycles. The molecule has 1 heterocycles. The first-order valence-electron chi connectivity index (χ1n) is 7.03. The molecule has 7 heteroatoms. The maximum Gasteiger partial charge on any atom is 0.325 e. The number of hydrogen-bond donors (Lipinski definition) is 2. The molecule has 1 aromatic rings. The van der Waals surface area contributed by atoms with Crippen molar-refractivity contribution in [3.63, 3.8) is 0 Å². The van der Waals surface area contributed by atoms with Crippen LogP contribution in [-0.2, 0) is 20.7 Å². The summed E-state index contributed by atoms with van der Waals surface area (Å²) in [6.45, 7) is 1.98. The zero-order chi connectivity index (χ0) is 16.1. The first-order valence-corrected chi connectivity index (χ1v) is 7.03. The summed E-state index contributed by atoms with van der Waals surface area (Å²) < 4.78 is 4.42. The van der Waals surface area contributed by atoms with Crippen molar-refractivity contribution in [3.8, 4) is 0 Å². The van der Waals surface area contributed by atoms with Crippen LogP contribution in [0, 0.1) is 0 Å². The molecule has 1 unspecified atom stereocenters. The van der Waals surface area contributed by atoms with Crippen molar-refractivity contribution >= 4 is 23.6 Å². The van der Waals surface area contributed by atoms with Gasteiger partial charge in [0, 0.05) is 12.2 Å². The van der Waals surface area contributed by atoms with Crippen molar-refractivity contribution in [2.75, 3.05) is 25.1 Å². The number of urea groups is 1. The van der Waals surface area contributed by atoms with Crippen LogP contribution in [0.2, 0.25) is 0 Å². The molecule has 7 nitrogen and oxygen atoms in total. The highest BCUT2D eigenvalue weighted by atomic mass is 16.5. The normalized spacial score (nSPS) is 14.0. The molecule has 0 radical (unpaired) electrons. The summed E-state index contributed by atoms with van der Waals surface area (Å²) in [6, 6.07) is 6.43. The Hall–Kier alpha value is -2.57. The third-order valence-corrected chi connectivity index (χ3v) is 3.49. The largest absolute Gasteiger partial charge is 0.468 e. The SMILES string of the molecule is COC(=O)CNC(=O)NC(C)C(=O)N1CCc2ccccc21. The van der Waals surface area contributed by atoms with Gasteiger partial charge in [-0.25, -0.2) is 4.79 Å². The Bertz CT molecular complexity index is 588. The topological polar surface area (TPSA) is 87.7 Å². The minimum atomic E-state index is -0.691. The van der Waals surface area contributed by atoms with Gasteiger partial charge in [0.05, 0.1) is 7.11 Å². The van der Waals surface area contributed by atoms with Crippen LogP contribution < -0.4 is 15.5 Å². The second-order valence-electron chi connectivity index (χ2n) is 4.99. The summed E-state index contributed by atoms with van der Waals surface area (Å²) in [4.78, 5) is 36.7. The van der Waals surface area contributed by atoms with E-state index in [-0.39, 0.29) is 12.5 Å². The molecule has 2 N–H and O–H groups in total. The lowest BCUT2D eigenvalue weighted by molar-refractivity contribution is -0.139. The van der Waals surface area contributed by atoms with Gasteiger partial charge in [0.15, 0.2) is 0 Å². The Labute approximate surface area is 128 Å². The Kier molecular flexibility index (Phi) is 4.98. The smallest absolute Gasteiger partial charge is 0.325 e. The molecule has 2 rings (SSSR count). The number of amides is 3. The van der Waals surface area contributed by atoms with Crippen LogP contribution in [0.4, 0.5) is 10.5 Å². The summed E-state index contributed by atoms with van der Waals surface area (Å²) in [7, 11) is 1.24. The van der Waals surface area contributed by atoms with Gasteiger partial charge in [-0.15, -0.1) is 0 Å². The van der Waals surface area contributed by atoms with Gasteiger partial charge in [0.1, 0.15) is 12.6 Å². The molecule has 22 heavy (non-hydrogen) atoms. The summed E-state index contributed by atoms with van der Waals surface area (Å²) in [5.41, 5.74) is 2.01. The van der Waals surface area contributed by atoms with E-state index in [9.17, 15) is 14.4 Å². The van der Waals surface area contributed by atoms with E-state index >= 15 is 0 Å². The third-order valence-electron chi connectivity index (χ3n) is 3.49. The number of ether oxygens (including phenoxy) is 1. The quantitative estimate of drug-likeness (QED) is 0.790. The number of rotatable bonds is 4. The summed E-state index contributed by atoms with van der Waals surface area (Å²) in [6.07, 6.45) is 0.809. The van der Waals surface area contributed by atoms with Crippen molar-refractivity contribution in [3.05, 3.63) is 29.8 Å². The number of benzene rings is 1. The zero-order valence-corrected chi connectivity index (χ0v) is 12.6. The predicted molar refractivity (Wildman–Crippen MR) is 80.5 cm³/mol. The van der Waals surface area contributed by atoms with Crippen molar-refractivity contribution in [2.45, 2.75) is 19.4 Å². The Morgan fingerprint density at radius 2 is 2.05 bits per heavy atom. The number of hydrogen-bond acceptors (Lipinski definition) is 4. The van der Waals surface area contributed by atoms with Gasteiger partial charge in [-0.05, 0) is 25.0 Å². The fourth-order valence-corrected chi connectivity index (χ4v) is 2.33. The van der Waals surface area contributed by atoms with Crippen molar-refractivity contribution in [2.24, 2.45) is 0 Å². The van der Waals surface area contributed by atoms with Gasteiger partial charge < -0.3 is 20.3 Å². The Morgan fingerprint density at radius 3 is 2.77 bits per heavy atom. The van der Waals surface area contributed by atoms with Crippen LogP contribution in [-0.4, -0.2) is 44.1 Å². The minimum Gasteiger partial charge on any atom is -0.468 e. The molecule has 1 atom stereocenters. The van der Waals surface area contributed by atoms with E-state index in [1.165, 1.54) is 7.11 Å². The molecule has 1 aliphatic heterocycles. The first-order chi connectivity index (χ1) is 10.5. The molecule has 0 aromatic heterocycles. The van der Waals surface area contributed by atoms with Crippen molar-refractivity contribution in [1.82, 2.24) is 10.6 Å². The highest BCUT2D eigenvalue weighted by Gasteiger charge is 2.28. The average molecular weight is 305 g/mol. The molecule has 3 amide bonds. The van der Waals surface area contributed by atoms with Gasteiger partial charge >= 0.3 is 12.0 Å². The van der Waals surface area contributed by atoms with Crippen LogP contribution in [0.1, 0.15) is 12.5 Å². The molecular formula is C15H19N3O4. The number of esters is 1. The van der Waals surface area contributed by atoms with Crippen LogP contribution >= 0.6 is 0 Å². The summed E-state index contributed by atoms with van der Waals surface area (Å²) in [5, 5.41) is 4.85. The van der Waals surface area contributed by atoms with Gasteiger partial charge in [-0.3, -0.25) is 9.59 Å². The van der Waals surface area contributed by atoms with E-state index < -0.39 is 18.0 Å². The molecule has 1 aliphatic rings. The molecule has 0 bridgehead atoms.